The molecule has 1 atom stereocenters. The second-order valence-corrected chi connectivity index (χ2v) is 4.98. The molecular formula is C10H17N3OS. The Morgan fingerprint density at radius 2 is 2.47 bits per heavy atom. The van der Waals surface area contributed by atoms with E-state index in [9.17, 15) is 4.79 Å². The summed E-state index contributed by atoms with van der Waals surface area (Å²) in [5.74, 6) is 0.0418. The first-order valence-corrected chi connectivity index (χ1v) is 5.83. The van der Waals surface area contributed by atoms with Crippen molar-refractivity contribution in [1.82, 2.24) is 10.3 Å². The molecule has 0 bridgehead atoms. The first kappa shape index (κ1) is 12.1. The Morgan fingerprint density at radius 1 is 1.73 bits per heavy atom. The molecule has 5 heteroatoms. The van der Waals surface area contributed by atoms with Crippen molar-refractivity contribution in [2.45, 2.75) is 39.3 Å². The van der Waals surface area contributed by atoms with Crippen molar-refractivity contribution >= 4 is 17.2 Å². The predicted octanol–water partition coefficient (Wildman–Crippen LogP) is 1.20. The smallest absolute Gasteiger partial charge is 0.220 e. The van der Waals surface area contributed by atoms with Crippen LogP contribution in [0.4, 0.5) is 0 Å². The van der Waals surface area contributed by atoms with E-state index in [0.717, 1.165) is 16.3 Å². The monoisotopic (exact) mass is 227 g/mol. The van der Waals surface area contributed by atoms with Gasteiger partial charge in [0.2, 0.25) is 5.91 Å². The molecule has 3 N–H and O–H groups in total. The first-order chi connectivity index (χ1) is 7.08. The average Bonchev–Trinajstić information content (AvgIpc) is 2.58. The van der Waals surface area contributed by atoms with Crippen LogP contribution in [0.5, 0.6) is 0 Å². The van der Waals surface area contributed by atoms with Crippen molar-refractivity contribution in [2.24, 2.45) is 5.73 Å². The Kier molecular flexibility index (Phi) is 4.71. The zero-order valence-electron chi connectivity index (χ0n) is 9.12. The Morgan fingerprint density at radius 3 is 3.00 bits per heavy atom. The highest BCUT2D eigenvalue weighted by atomic mass is 32.1. The van der Waals surface area contributed by atoms with E-state index in [1.165, 1.54) is 0 Å². The molecule has 1 rings (SSSR count). The second kappa shape index (κ2) is 5.82. The number of aryl methyl sites for hydroxylation is 1. The van der Waals surface area contributed by atoms with E-state index in [-0.39, 0.29) is 11.9 Å². The lowest BCUT2D eigenvalue weighted by molar-refractivity contribution is -0.121. The molecule has 0 spiro atoms. The van der Waals surface area contributed by atoms with E-state index in [0.29, 0.717) is 13.0 Å². The summed E-state index contributed by atoms with van der Waals surface area (Å²) >= 11 is 1.60. The van der Waals surface area contributed by atoms with Crippen LogP contribution in [0.2, 0.25) is 0 Å². The zero-order valence-corrected chi connectivity index (χ0v) is 9.93. The van der Waals surface area contributed by atoms with Crippen LogP contribution < -0.4 is 11.1 Å². The standard InChI is InChI=1S/C10H17N3OS/c1-7(11)3-4-9(14)12-6-10-13-5-8(2)15-10/h5,7H,3-4,6,11H2,1-2H3,(H,12,14). The molecule has 1 aromatic rings. The molecule has 84 valence electrons. The fraction of sp³-hybridized carbons (Fsp3) is 0.600. The van der Waals surface area contributed by atoms with Crippen LogP contribution in [-0.2, 0) is 11.3 Å². The number of rotatable bonds is 5. The summed E-state index contributed by atoms with van der Waals surface area (Å²) in [5.41, 5.74) is 5.56. The molecule has 1 heterocycles. The lowest BCUT2D eigenvalue weighted by Gasteiger charge is -2.05. The Hall–Kier alpha value is -0.940. The minimum absolute atomic E-state index is 0.0418. The number of carbonyl (C=O) groups is 1. The molecule has 1 amide bonds. The van der Waals surface area contributed by atoms with Crippen molar-refractivity contribution in [3.8, 4) is 0 Å². The second-order valence-electron chi connectivity index (χ2n) is 3.66. The summed E-state index contributed by atoms with van der Waals surface area (Å²) in [6, 6.07) is 0.0813. The maximum absolute atomic E-state index is 11.3. The van der Waals surface area contributed by atoms with Gasteiger partial charge in [-0.2, -0.15) is 0 Å². The summed E-state index contributed by atoms with van der Waals surface area (Å²) < 4.78 is 0. The number of aromatic nitrogens is 1. The molecule has 1 aromatic heterocycles. The maximum Gasteiger partial charge on any atom is 0.220 e. The Labute approximate surface area is 93.9 Å². The van der Waals surface area contributed by atoms with Gasteiger partial charge in [-0.05, 0) is 20.3 Å². The van der Waals surface area contributed by atoms with E-state index < -0.39 is 0 Å². The van der Waals surface area contributed by atoms with Crippen LogP contribution in [0.15, 0.2) is 6.20 Å². The van der Waals surface area contributed by atoms with Gasteiger partial charge in [-0.25, -0.2) is 4.98 Å². The van der Waals surface area contributed by atoms with E-state index in [1.807, 2.05) is 20.0 Å². The minimum Gasteiger partial charge on any atom is -0.350 e. The van der Waals surface area contributed by atoms with Crippen LogP contribution in [0.25, 0.3) is 0 Å². The van der Waals surface area contributed by atoms with Crippen LogP contribution in [0.1, 0.15) is 29.7 Å². The summed E-state index contributed by atoms with van der Waals surface area (Å²) in [7, 11) is 0. The minimum atomic E-state index is 0.0418. The summed E-state index contributed by atoms with van der Waals surface area (Å²) in [6.45, 7) is 4.42. The largest absolute Gasteiger partial charge is 0.350 e. The number of hydrogen-bond acceptors (Lipinski definition) is 4. The summed E-state index contributed by atoms with van der Waals surface area (Å²) in [5, 5.41) is 3.77. The van der Waals surface area contributed by atoms with E-state index in [2.05, 4.69) is 10.3 Å². The lowest BCUT2D eigenvalue weighted by Crippen LogP contribution is -2.25. The molecule has 0 fully saturated rings. The molecule has 0 aromatic carbocycles. The van der Waals surface area contributed by atoms with E-state index in [1.54, 1.807) is 11.3 Å². The highest BCUT2D eigenvalue weighted by molar-refractivity contribution is 7.11. The van der Waals surface area contributed by atoms with Crippen LogP contribution >= 0.6 is 11.3 Å². The average molecular weight is 227 g/mol. The van der Waals surface area contributed by atoms with Crippen LogP contribution in [0.3, 0.4) is 0 Å². The summed E-state index contributed by atoms with van der Waals surface area (Å²) in [4.78, 5) is 16.7. The predicted molar refractivity (Wildman–Crippen MR) is 61.6 cm³/mol. The van der Waals surface area contributed by atoms with Gasteiger partial charge in [0.15, 0.2) is 0 Å². The first-order valence-electron chi connectivity index (χ1n) is 5.01. The van der Waals surface area contributed by atoms with Gasteiger partial charge in [-0.1, -0.05) is 0 Å². The fourth-order valence-electron chi connectivity index (χ4n) is 1.10. The SMILES string of the molecule is Cc1cnc(CNC(=O)CCC(C)N)s1. The number of nitrogens with two attached hydrogens (primary N) is 1. The lowest BCUT2D eigenvalue weighted by atomic mass is 10.2. The van der Waals surface area contributed by atoms with Gasteiger partial charge in [0.05, 0.1) is 6.54 Å². The molecule has 15 heavy (non-hydrogen) atoms. The van der Waals surface area contributed by atoms with E-state index in [4.69, 9.17) is 5.73 Å². The summed E-state index contributed by atoms with van der Waals surface area (Å²) in [6.07, 6.45) is 3.03. The van der Waals surface area contributed by atoms with Crippen molar-refractivity contribution in [3.05, 3.63) is 16.1 Å². The highest BCUT2D eigenvalue weighted by Gasteiger charge is 2.04. The van der Waals surface area contributed by atoms with Gasteiger partial charge in [-0.15, -0.1) is 11.3 Å². The number of carbonyl (C=O) groups excluding carboxylic acids is 1. The third-order valence-electron chi connectivity index (χ3n) is 1.93. The molecule has 1 unspecified atom stereocenters. The van der Waals surface area contributed by atoms with Crippen molar-refractivity contribution in [3.63, 3.8) is 0 Å². The Balaban J connectivity index is 2.22. The molecule has 0 aliphatic carbocycles. The van der Waals surface area contributed by atoms with Crippen molar-refractivity contribution < 1.29 is 4.79 Å². The molecule has 0 saturated carbocycles. The normalized spacial score (nSPS) is 12.5. The Bertz CT molecular complexity index is 322. The topological polar surface area (TPSA) is 68.0 Å². The van der Waals surface area contributed by atoms with Gasteiger partial charge in [0.25, 0.3) is 0 Å². The molecule has 0 aliphatic rings. The number of nitrogens with zero attached hydrogens (tertiary/aromatic N) is 1. The third kappa shape index (κ3) is 4.90. The van der Waals surface area contributed by atoms with Crippen molar-refractivity contribution in [1.29, 1.82) is 0 Å². The molecule has 0 radical (unpaired) electrons. The van der Waals surface area contributed by atoms with Crippen molar-refractivity contribution in [2.75, 3.05) is 0 Å². The fourth-order valence-corrected chi connectivity index (χ4v) is 1.83. The van der Waals surface area contributed by atoms with Gasteiger partial charge < -0.3 is 11.1 Å². The van der Waals surface area contributed by atoms with Gasteiger partial charge in [0.1, 0.15) is 5.01 Å². The molecule has 0 saturated heterocycles. The van der Waals surface area contributed by atoms with Gasteiger partial charge in [0, 0.05) is 23.5 Å². The number of amides is 1. The quantitative estimate of drug-likeness (QED) is 0.794. The highest BCUT2D eigenvalue weighted by Crippen LogP contribution is 2.10. The van der Waals surface area contributed by atoms with Crippen LogP contribution in [-0.4, -0.2) is 16.9 Å². The van der Waals surface area contributed by atoms with Gasteiger partial charge in [-0.3, -0.25) is 4.79 Å². The number of hydrogen-bond donors (Lipinski definition) is 2. The number of thiazole rings is 1. The molecular weight excluding hydrogens is 210 g/mol. The van der Waals surface area contributed by atoms with Gasteiger partial charge >= 0.3 is 0 Å². The van der Waals surface area contributed by atoms with Crippen LogP contribution in [0, 0.1) is 6.92 Å². The maximum atomic E-state index is 11.3. The number of nitrogens with one attached hydrogen (secondary N) is 1. The van der Waals surface area contributed by atoms with E-state index >= 15 is 0 Å². The molecule has 4 nitrogen and oxygen atoms in total. The third-order valence-corrected chi connectivity index (χ3v) is 2.85. The zero-order chi connectivity index (χ0) is 11.3. The molecule has 0 aliphatic heterocycles.